The van der Waals surface area contributed by atoms with Gasteiger partial charge in [-0.3, -0.25) is 0 Å². The van der Waals surface area contributed by atoms with E-state index in [0.717, 1.165) is 16.8 Å². The molecule has 5 nitrogen and oxygen atoms in total. The molecule has 0 saturated carbocycles. The van der Waals surface area contributed by atoms with Crippen LogP contribution in [0.15, 0.2) is 53.7 Å². The van der Waals surface area contributed by atoms with Gasteiger partial charge in [0.25, 0.3) is 0 Å². The Morgan fingerprint density at radius 3 is 2.67 bits per heavy atom. The lowest BCUT2D eigenvalue weighted by Crippen LogP contribution is -2.17. The molecule has 4 rings (SSSR count). The Hall–Kier alpha value is -2.31. The van der Waals surface area contributed by atoms with Crippen LogP contribution in [0.1, 0.15) is 11.8 Å². The van der Waals surface area contributed by atoms with Gasteiger partial charge < -0.3 is 10.1 Å². The van der Waals surface area contributed by atoms with E-state index in [1.165, 1.54) is 11.8 Å². The van der Waals surface area contributed by atoms with Crippen LogP contribution in [0.2, 0.25) is 5.02 Å². The second-order valence-corrected chi connectivity index (χ2v) is 6.40. The van der Waals surface area contributed by atoms with Crippen LogP contribution in [-0.2, 0) is 0 Å². The Morgan fingerprint density at radius 1 is 1.08 bits per heavy atom. The van der Waals surface area contributed by atoms with E-state index < -0.39 is 6.23 Å². The fourth-order valence-corrected chi connectivity index (χ4v) is 2.94. The third-order valence-corrected chi connectivity index (χ3v) is 4.48. The number of aromatic nitrogens is 3. The first kappa shape index (κ1) is 15.2. The monoisotopic (exact) mass is 356 g/mol. The van der Waals surface area contributed by atoms with Crippen molar-refractivity contribution in [3.05, 3.63) is 59.1 Å². The van der Waals surface area contributed by atoms with E-state index in [0.29, 0.717) is 21.8 Å². The van der Waals surface area contributed by atoms with Crippen LogP contribution in [-0.4, -0.2) is 21.4 Å². The summed E-state index contributed by atoms with van der Waals surface area (Å²) in [4.78, 5) is 4.49. The van der Waals surface area contributed by atoms with Crippen LogP contribution in [0.25, 0.3) is 11.3 Å². The summed E-state index contributed by atoms with van der Waals surface area (Å²) in [5.41, 5.74) is 3.42. The second kappa shape index (κ2) is 6.30. The molecule has 3 aromatic rings. The lowest BCUT2D eigenvalue weighted by Gasteiger charge is -2.19. The van der Waals surface area contributed by atoms with E-state index in [2.05, 4.69) is 20.5 Å². The summed E-state index contributed by atoms with van der Waals surface area (Å²) >= 11 is 7.42. The van der Waals surface area contributed by atoms with E-state index in [9.17, 15) is 0 Å². The molecule has 2 aromatic carbocycles. The zero-order chi connectivity index (χ0) is 16.5. The van der Waals surface area contributed by atoms with Gasteiger partial charge in [-0.15, -0.1) is 10.2 Å². The van der Waals surface area contributed by atoms with Gasteiger partial charge in [0.1, 0.15) is 0 Å². The Kier molecular flexibility index (Phi) is 4.00. The van der Waals surface area contributed by atoms with E-state index >= 15 is 0 Å². The fourth-order valence-electron chi connectivity index (χ4n) is 2.52. The number of rotatable bonds is 2. The Morgan fingerprint density at radius 2 is 1.88 bits per heavy atom. The van der Waals surface area contributed by atoms with Crippen LogP contribution in [0.5, 0.6) is 5.88 Å². The zero-order valence-corrected chi connectivity index (χ0v) is 14.3. The van der Waals surface area contributed by atoms with Gasteiger partial charge in [0.2, 0.25) is 11.0 Å². The van der Waals surface area contributed by atoms with E-state index in [4.69, 9.17) is 16.3 Å². The summed E-state index contributed by atoms with van der Waals surface area (Å²) in [6.07, 6.45) is 1.51. The molecular formula is C17H13ClN4OS. The first-order valence-electron chi connectivity index (χ1n) is 7.31. The average Bonchev–Trinajstić information content (AvgIpc) is 2.78. The fraction of sp³-hybridized carbons (Fsp3) is 0.118. The maximum Gasteiger partial charge on any atom is 0.247 e. The summed E-state index contributed by atoms with van der Waals surface area (Å²) in [7, 11) is 0. The molecule has 24 heavy (non-hydrogen) atoms. The quantitative estimate of drug-likeness (QED) is 0.686. The summed E-state index contributed by atoms with van der Waals surface area (Å²) < 4.78 is 6.13. The molecule has 1 atom stereocenters. The molecule has 120 valence electrons. The number of halogens is 1. The van der Waals surface area contributed by atoms with Crippen molar-refractivity contribution in [1.29, 1.82) is 0 Å². The molecule has 7 heteroatoms. The summed E-state index contributed by atoms with van der Waals surface area (Å²) in [5.74, 6) is 0.465. The van der Waals surface area contributed by atoms with Crippen LogP contribution < -0.4 is 10.1 Å². The van der Waals surface area contributed by atoms with Crippen LogP contribution >= 0.6 is 23.4 Å². The first-order valence-corrected chi connectivity index (χ1v) is 8.91. The van der Waals surface area contributed by atoms with Gasteiger partial charge >= 0.3 is 0 Å². The molecule has 0 saturated heterocycles. The molecule has 1 aliphatic heterocycles. The van der Waals surface area contributed by atoms with Crippen molar-refractivity contribution >= 4 is 29.1 Å². The second-order valence-electron chi connectivity index (χ2n) is 5.19. The van der Waals surface area contributed by atoms with Crippen LogP contribution in [0.4, 0.5) is 5.69 Å². The van der Waals surface area contributed by atoms with Crippen molar-refractivity contribution < 1.29 is 4.74 Å². The van der Waals surface area contributed by atoms with Crippen molar-refractivity contribution in [2.24, 2.45) is 0 Å². The third-order valence-electron chi connectivity index (χ3n) is 3.69. The predicted molar refractivity (Wildman–Crippen MR) is 95.5 cm³/mol. The Labute approximate surface area is 148 Å². The number of ether oxygens (including phenoxy) is 1. The molecule has 0 spiro atoms. The number of fused-ring (bicyclic) bond motifs is 3. The topological polar surface area (TPSA) is 59.9 Å². The molecule has 0 fully saturated rings. The first-order chi connectivity index (χ1) is 11.7. The highest BCUT2D eigenvalue weighted by Crippen LogP contribution is 2.39. The maximum absolute atomic E-state index is 6.13. The summed E-state index contributed by atoms with van der Waals surface area (Å²) in [6.45, 7) is 0. The van der Waals surface area contributed by atoms with Gasteiger partial charge in [0.05, 0.1) is 0 Å². The number of anilines is 1. The van der Waals surface area contributed by atoms with Crippen molar-refractivity contribution in [1.82, 2.24) is 15.2 Å². The molecule has 0 unspecified atom stereocenters. The SMILES string of the molecule is CSc1nnc2c(n1)O[C@@H](c1ccc(Cl)cc1)Nc1ccccc1-2. The molecule has 0 radical (unpaired) electrons. The highest BCUT2D eigenvalue weighted by Gasteiger charge is 2.25. The summed E-state index contributed by atoms with van der Waals surface area (Å²) in [6, 6.07) is 15.4. The van der Waals surface area contributed by atoms with Gasteiger partial charge in [-0.2, -0.15) is 4.98 Å². The largest absolute Gasteiger partial charge is 0.448 e. The number of hydrogen-bond donors (Lipinski definition) is 1. The third kappa shape index (κ3) is 2.79. The lowest BCUT2D eigenvalue weighted by molar-refractivity contribution is 0.225. The minimum atomic E-state index is -0.393. The minimum absolute atomic E-state index is 0.393. The highest BCUT2D eigenvalue weighted by atomic mass is 35.5. The standard InChI is InChI=1S/C17H13ClN4OS/c1-24-17-20-16-14(21-22-17)12-4-2-3-5-13(12)19-15(23-16)10-6-8-11(18)9-7-10/h2-9,15,19H,1H3/t15-/m0/s1. The number of thioether (sulfide) groups is 1. The Bertz CT molecular complexity index is 888. The molecule has 0 bridgehead atoms. The maximum atomic E-state index is 6.13. The van der Waals surface area contributed by atoms with Gasteiger partial charge in [0, 0.05) is 21.8 Å². The molecule has 1 aromatic heterocycles. The molecule has 0 aliphatic carbocycles. The van der Waals surface area contributed by atoms with E-state index in [1.54, 1.807) is 0 Å². The predicted octanol–water partition coefficient (Wildman–Crippen LogP) is 4.42. The molecule has 1 aliphatic rings. The molecule has 1 N–H and O–H groups in total. The number of benzene rings is 2. The van der Waals surface area contributed by atoms with Gasteiger partial charge in [-0.25, -0.2) is 0 Å². The van der Waals surface area contributed by atoms with Gasteiger partial charge in [-0.05, 0) is 24.5 Å². The Balaban J connectivity index is 1.85. The van der Waals surface area contributed by atoms with Crippen molar-refractivity contribution in [3.8, 4) is 17.1 Å². The van der Waals surface area contributed by atoms with Gasteiger partial charge in [-0.1, -0.05) is 53.7 Å². The number of hydrogen-bond acceptors (Lipinski definition) is 6. The van der Waals surface area contributed by atoms with Crippen molar-refractivity contribution in [2.75, 3.05) is 11.6 Å². The van der Waals surface area contributed by atoms with Crippen LogP contribution in [0, 0.1) is 0 Å². The van der Waals surface area contributed by atoms with Gasteiger partial charge in [0.15, 0.2) is 11.9 Å². The number of nitrogens with zero attached hydrogens (tertiary/aromatic N) is 3. The number of para-hydroxylation sites is 1. The average molecular weight is 357 g/mol. The number of nitrogens with one attached hydrogen (secondary N) is 1. The molecular weight excluding hydrogens is 344 g/mol. The van der Waals surface area contributed by atoms with Crippen LogP contribution in [0.3, 0.4) is 0 Å². The van der Waals surface area contributed by atoms with Crippen molar-refractivity contribution in [2.45, 2.75) is 11.4 Å². The van der Waals surface area contributed by atoms with E-state index in [-0.39, 0.29) is 0 Å². The van der Waals surface area contributed by atoms with Crippen molar-refractivity contribution in [3.63, 3.8) is 0 Å². The summed E-state index contributed by atoms with van der Waals surface area (Å²) in [5, 5.41) is 13.1. The highest BCUT2D eigenvalue weighted by molar-refractivity contribution is 7.98. The van der Waals surface area contributed by atoms with E-state index in [1.807, 2.05) is 54.8 Å². The molecule has 0 amide bonds. The zero-order valence-electron chi connectivity index (χ0n) is 12.7. The normalized spacial score (nSPS) is 15.5. The lowest BCUT2D eigenvalue weighted by atomic mass is 10.1. The smallest absolute Gasteiger partial charge is 0.247 e. The molecule has 2 heterocycles. The minimum Gasteiger partial charge on any atom is -0.448 e.